The fourth-order valence-corrected chi connectivity index (χ4v) is 1.33. The molecule has 2 aromatic rings. The first-order valence-corrected chi connectivity index (χ1v) is 4.12. The van der Waals surface area contributed by atoms with Crippen LogP contribution in [0.25, 0.3) is 11.0 Å². The van der Waals surface area contributed by atoms with E-state index in [-0.39, 0.29) is 11.5 Å². The van der Waals surface area contributed by atoms with Crippen LogP contribution in [0.5, 0.6) is 6.01 Å². The van der Waals surface area contributed by atoms with Gasteiger partial charge in [-0.2, -0.15) is 18.2 Å². The van der Waals surface area contributed by atoms with E-state index in [1.165, 1.54) is 19.2 Å². The van der Waals surface area contributed by atoms with Gasteiger partial charge in [0.2, 0.25) is 0 Å². The lowest BCUT2D eigenvalue weighted by molar-refractivity contribution is -0.136. The molecule has 15 heavy (non-hydrogen) atoms. The molecule has 0 aliphatic heterocycles. The molecule has 2 rings (SSSR count). The molecule has 1 aromatic carbocycles. The highest BCUT2D eigenvalue weighted by atomic mass is 19.4. The lowest BCUT2D eigenvalue weighted by atomic mass is 10.2. The van der Waals surface area contributed by atoms with E-state index in [0.29, 0.717) is 5.52 Å². The summed E-state index contributed by atoms with van der Waals surface area (Å²) in [5, 5.41) is 0. The van der Waals surface area contributed by atoms with E-state index < -0.39 is 11.7 Å². The van der Waals surface area contributed by atoms with Crippen LogP contribution in [0.15, 0.2) is 18.2 Å². The number of alkyl halides is 3. The van der Waals surface area contributed by atoms with Gasteiger partial charge >= 0.3 is 6.18 Å². The summed E-state index contributed by atoms with van der Waals surface area (Å²) in [5.41, 5.74) is -0.580. The van der Waals surface area contributed by atoms with Crippen molar-refractivity contribution in [3.8, 4) is 6.01 Å². The molecule has 0 fully saturated rings. The van der Waals surface area contributed by atoms with Gasteiger partial charge in [0.15, 0.2) is 0 Å². The Hall–Kier alpha value is -1.72. The number of nitrogens with zero attached hydrogens (tertiary/aromatic N) is 1. The quantitative estimate of drug-likeness (QED) is 0.795. The lowest BCUT2D eigenvalue weighted by Crippen LogP contribution is -2.05. The lowest BCUT2D eigenvalue weighted by Gasteiger charge is -2.05. The zero-order chi connectivity index (χ0) is 11.1. The predicted molar refractivity (Wildman–Crippen MR) is 47.6 cm³/mol. The molecule has 0 aliphatic carbocycles. The molecule has 1 N–H and O–H groups in total. The summed E-state index contributed by atoms with van der Waals surface area (Å²) >= 11 is 0. The molecule has 80 valence electrons. The third-order valence-electron chi connectivity index (χ3n) is 1.99. The van der Waals surface area contributed by atoms with Crippen molar-refractivity contribution in [2.45, 2.75) is 6.18 Å². The van der Waals surface area contributed by atoms with Gasteiger partial charge in [0, 0.05) is 0 Å². The Morgan fingerprint density at radius 1 is 1.33 bits per heavy atom. The maximum Gasteiger partial charge on any atom is 0.418 e. The van der Waals surface area contributed by atoms with E-state index in [4.69, 9.17) is 4.74 Å². The van der Waals surface area contributed by atoms with Crippen molar-refractivity contribution >= 4 is 11.0 Å². The Labute approximate surface area is 82.9 Å². The molecule has 0 atom stereocenters. The van der Waals surface area contributed by atoms with Crippen molar-refractivity contribution in [3.63, 3.8) is 0 Å². The van der Waals surface area contributed by atoms with Crippen molar-refractivity contribution < 1.29 is 17.9 Å². The summed E-state index contributed by atoms with van der Waals surface area (Å²) in [4.78, 5) is 6.32. The minimum atomic E-state index is -4.40. The van der Waals surface area contributed by atoms with E-state index in [2.05, 4.69) is 9.97 Å². The number of halogens is 3. The van der Waals surface area contributed by atoms with Crippen LogP contribution in [0, 0.1) is 0 Å². The number of benzene rings is 1. The maximum atomic E-state index is 12.5. The minimum absolute atomic E-state index is 0.0710. The first-order chi connectivity index (χ1) is 7.02. The van der Waals surface area contributed by atoms with Gasteiger partial charge in [0.05, 0.1) is 18.2 Å². The molecule has 0 saturated heterocycles. The predicted octanol–water partition coefficient (Wildman–Crippen LogP) is 2.59. The summed E-state index contributed by atoms with van der Waals surface area (Å²) in [5.74, 6) is 0. The second kappa shape index (κ2) is 3.15. The summed E-state index contributed by atoms with van der Waals surface area (Å²) < 4.78 is 42.3. The van der Waals surface area contributed by atoms with Gasteiger partial charge in [-0.1, -0.05) is 6.07 Å². The van der Waals surface area contributed by atoms with E-state index in [1.54, 1.807) is 0 Å². The average Bonchev–Trinajstić information content (AvgIpc) is 2.57. The maximum absolute atomic E-state index is 12.5. The molecular formula is C9H7F3N2O. The highest BCUT2D eigenvalue weighted by Crippen LogP contribution is 2.34. The molecule has 1 aromatic heterocycles. The molecular weight excluding hydrogens is 209 g/mol. The van der Waals surface area contributed by atoms with Crippen LogP contribution in [0.3, 0.4) is 0 Å². The number of nitrogens with one attached hydrogen (secondary N) is 1. The molecule has 0 bridgehead atoms. The topological polar surface area (TPSA) is 37.9 Å². The van der Waals surface area contributed by atoms with Crippen molar-refractivity contribution in [2.75, 3.05) is 7.11 Å². The largest absolute Gasteiger partial charge is 0.468 e. The number of methoxy groups -OCH3 is 1. The standard InChI is InChI=1S/C9H7F3N2O/c1-15-8-13-6-4-2-3-5(7(6)14-8)9(10,11)12/h2-4H,1H3,(H,13,14). The number of aromatic amines is 1. The molecule has 0 amide bonds. The number of H-pyrrole nitrogens is 1. The van der Waals surface area contributed by atoms with Crippen molar-refractivity contribution in [1.29, 1.82) is 0 Å². The third-order valence-corrected chi connectivity index (χ3v) is 1.99. The van der Waals surface area contributed by atoms with Crippen LogP contribution < -0.4 is 4.74 Å². The molecule has 0 saturated carbocycles. The molecule has 1 heterocycles. The summed E-state index contributed by atoms with van der Waals surface area (Å²) in [6.07, 6.45) is -4.40. The first kappa shape index (κ1) is 9.82. The molecule has 0 spiro atoms. The molecule has 0 radical (unpaired) electrons. The van der Waals surface area contributed by atoms with Gasteiger partial charge in [0.1, 0.15) is 5.52 Å². The Morgan fingerprint density at radius 3 is 2.67 bits per heavy atom. The molecule has 0 aliphatic rings. The fraction of sp³-hybridized carbons (Fsp3) is 0.222. The zero-order valence-electron chi connectivity index (χ0n) is 7.72. The van der Waals surface area contributed by atoms with Crippen molar-refractivity contribution in [1.82, 2.24) is 9.97 Å². The first-order valence-electron chi connectivity index (χ1n) is 4.12. The minimum Gasteiger partial charge on any atom is -0.468 e. The van der Waals surface area contributed by atoms with Gasteiger partial charge in [-0.15, -0.1) is 0 Å². The molecule has 3 nitrogen and oxygen atoms in total. The van der Waals surface area contributed by atoms with Gasteiger partial charge in [-0.3, -0.25) is 0 Å². The fourth-order valence-electron chi connectivity index (χ4n) is 1.33. The Bertz CT molecular complexity index is 490. The number of hydrogen-bond donors (Lipinski definition) is 1. The number of para-hydroxylation sites is 1. The zero-order valence-corrected chi connectivity index (χ0v) is 7.72. The Kier molecular flexibility index (Phi) is 2.06. The number of imidazole rings is 1. The smallest absolute Gasteiger partial charge is 0.418 e. The van der Waals surface area contributed by atoms with Gasteiger partial charge < -0.3 is 9.72 Å². The van der Waals surface area contributed by atoms with E-state index in [1.807, 2.05) is 0 Å². The number of ether oxygens (including phenoxy) is 1. The van der Waals surface area contributed by atoms with Crippen molar-refractivity contribution in [2.24, 2.45) is 0 Å². The number of hydrogen-bond acceptors (Lipinski definition) is 2. The number of aromatic nitrogens is 2. The Balaban J connectivity index is 2.70. The van der Waals surface area contributed by atoms with Crippen LogP contribution in [-0.4, -0.2) is 17.1 Å². The molecule has 6 heteroatoms. The van der Waals surface area contributed by atoms with Gasteiger partial charge in [-0.25, -0.2) is 0 Å². The second-order valence-electron chi connectivity index (χ2n) is 2.95. The SMILES string of the molecule is COc1nc2c(C(F)(F)F)cccc2[nH]1. The Morgan fingerprint density at radius 2 is 2.07 bits per heavy atom. The van der Waals surface area contributed by atoms with Gasteiger partial charge in [0.25, 0.3) is 6.01 Å². The monoisotopic (exact) mass is 216 g/mol. The van der Waals surface area contributed by atoms with Crippen LogP contribution in [0.4, 0.5) is 13.2 Å². The summed E-state index contributed by atoms with van der Waals surface area (Å²) in [7, 11) is 1.34. The molecule has 0 unspecified atom stereocenters. The van der Waals surface area contributed by atoms with E-state index >= 15 is 0 Å². The van der Waals surface area contributed by atoms with E-state index in [0.717, 1.165) is 6.07 Å². The van der Waals surface area contributed by atoms with Crippen LogP contribution >= 0.6 is 0 Å². The van der Waals surface area contributed by atoms with Crippen LogP contribution in [-0.2, 0) is 6.18 Å². The van der Waals surface area contributed by atoms with Gasteiger partial charge in [-0.05, 0) is 12.1 Å². The van der Waals surface area contributed by atoms with Crippen molar-refractivity contribution in [3.05, 3.63) is 23.8 Å². The normalized spacial score (nSPS) is 12.0. The van der Waals surface area contributed by atoms with E-state index in [9.17, 15) is 13.2 Å². The third kappa shape index (κ3) is 1.62. The average molecular weight is 216 g/mol. The second-order valence-corrected chi connectivity index (χ2v) is 2.95. The highest BCUT2D eigenvalue weighted by molar-refractivity contribution is 5.79. The summed E-state index contributed by atoms with van der Waals surface area (Å²) in [6, 6.07) is 3.90. The number of rotatable bonds is 1. The van der Waals surface area contributed by atoms with Crippen LogP contribution in [0.2, 0.25) is 0 Å². The summed E-state index contributed by atoms with van der Waals surface area (Å²) in [6.45, 7) is 0. The number of fused-ring (bicyclic) bond motifs is 1. The highest BCUT2D eigenvalue weighted by Gasteiger charge is 2.33. The van der Waals surface area contributed by atoms with Crippen LogP contribution in [0.1, 0.15) is 5.56 Å².